The molecule has 0 radical (unpaired) electrons. The highest BCUT2D eigenvalue weighted by molar-refractivity contribution is 7.90. The molecule has 0 unspecified atom stereocenters. The van der Waals surface area contributed by atoms with Crippen LogP contribution in [-0.4, -0.2) is 30.7 Å². The molecule has 1 saturated carbocycles. The zero-order chi connectivity index (χ0) is 21.1. The Bertz CT molecular complexity index is 1220. The fourth-order valence-electron chi connectivity index (χ4n) is 3.60. The van der Waals surface area contributed by atoms with Crippen molar-refractivity contribution < 1.29 is 8.42 Å². The van der Waals surface area contributed by atoms with Crippen LogP contribution in [0.2, 0.25) is 0 Å². The van der Waals surface area contributed by atoms with Crippen molar-refractivity contribution in [1.82, 2.24) is 9.97 Å². The van der Waals surface area contributed by atoms with Gasteiger partial charge in [0.2, 0.25) is 0 Å². The summed E-state index contributed by atoms with van der Waals surface area (Å²) in [4.78, 5) is 9.21. The Balaban J connectivity index is 1.58. The number of hydrogen-bond acceptors (Lipinski definition) is 6. The molecule has 1 aromatic carbocycles. The molecule has 0 spiro atoms. The van der Waals surface area contributed by atoms with Gasteiger partial charge in [0.25, 0.3) is 0 Å². The summed E-state index contributed by atoms with van der Waals surface area (Å²) in [5.74, 6) is 7.66. The first-order chi connectivity index (χ1) is 14.4. The van der Waals surface area contributed by atoms with Crippen LogP contribution in [-0.2, 0) is 9.84 Å². The first-order valence-electron chi connectivity index (χ1n) is 9.97. The molecule has 1 aliphatic carbocycles. The second-order valence-electron chi connectivity index (χ2n) is 7.75. The van der Waals surface area contributed by atoms with Gasteiger partial charge in [-0.25, -0.2) is 18.4 Å². The summed E-state index contributed by atoms with van der Waals surface area (Å²) in [7, 11) is -3.22. The molecule has 0 bridgehead atoms. The molecule has 4 rings (SSSR count). The fourth-order valence-corrected chi connectivity index (χ4v) is 4.23. The molecule has 3 aromatic rings. The number of hydrogen-bond donors (Lipinski definition) is 2. The van der Waals surface area contributed by atoms with Crippen LogP contribution in [0.3, 0.4) is 0 Å². The monoisotopic (exact) mass is 420 g/mol. The van der Waals surface area contributed by atoms with E-state index in [-0.39, 0.29) is 4.90 Å². The molecule has 7 heteroatoms. The second kappa shape index (κ2) is 8.42. The highest BCUT2D eigenvalue weighted by Gasteiger charge is 2.16. The maximum absolute atomic E-state index is 11.6. The molecule has 2 aromatic heterocycles. The van der Waals surface area contributed by atoms with E-state index in [9.17, 15) is 8.42 Å². The zero-order valence-electron chi connectivity index (χ0n) is 16.8. The van der Waals surface area contributed by atoms with Crippen LogP contribution in [0.5, 0.6) is 0 Å². The Morgan fingerprint density at radius 1 is 1.07 bits per heavy atom. The Morgan fingerprint density at radius 3 is 2.50 bits per heavy atom. The predicted molar refractivity (Wildman–Crippen MR) is 119 cm³/mol. The van der Waals surface area contributed by atoms with Crippen molar-refractivity contribution in [2.24, 2.45) is 11.7 Å². The normalized spacial score (nSPS) is 19.1. The number of pyridine rings is 2. The van der Waals surface area contributed by atoms with E-state index >= 15 is 0 Å². The minimum atomic E-state index is -3.22. The SMILES string of the molecule is CS(=O)(=O)c1ccc(Nc2cc3c(C#CC4CCC(N)CC4)nccc3cn2)cc1. The van der Waals surface area contributed by atoms with Crippen molar-refractivity contribution in [2.75, 3.05) is 11.6 Å². The Kier molecular flexibility index (Phi) is 5.71. The van der Waals surface area contributed by atoms with E-state index in [0.29, 0.717) is 17.8 Å². The molecule has 0 amide bonds. The first kappa shape index (κ1) is 20.3. The van der Waals surface area contributed by atoms with Gasteiger partial charge in [-0.3, -0.25) is 0 Å². The summed E-state index contributed by atoms with van der Waals surface area (Å²) in [5.41, 5.74) is 7.47. The number of nitrogens with one attached hydrogen (secondary N) is 1. The first-order valence-corrected chi connectivity index (χ1v) is 11.9. The van der Waals surface area contributed by atoms with E-state index in [1.165, 1.54) is 6.26 Å². The van der Waals surface area contributed by atoms with E-state index < -0.39 is 9.84 Å². The minimum absolute atomic E-state index is 0.282. The summed E-state index contributed by atoms with van der Waals surface area (Å²) in [6, 6.07) is 10.7. The van der Waals surface area contributed by atoms with Crippen LogP contribution in [0.4, 0.5) is 11.5 Å². The van der Waals surface area contributed by atoms with Crippen molar-refractivity contribution in [3.8, 4) is 11.8 Å². The summed E-state index contributed by atoms with van der Waals surface area (Å²) < 4.78 is 23.2. The lowest BCUT2D eigenvalue weighted by atomic mass is 9.87. The topological polar surface area (TPSA) is 98.0 Å². The van der Waals surface area contributed by atoms with Crippen LogP contribution >= 0.6 is 0 Å². The molecular weight excluding hydrogens is 396 g/mol. The van der Waals surface area contributed by atoms with E-state index in [0.717, 1.165) is 47.8 Å². The van der Waals surface area contributed by atoms with Gasteiger partial charge in [-0.05, 0) is 68.0 Å². The quantitative estimate of drug-likeness (QED) is 0.628. The number of sulfone groups is 1. The fraction of sp³-hybridized carbons (Fsp3) is 0.304. The highest BCUT2D eigenvalue weighted by Crippen LogP contribution is 2.24. The van der Waals surface area contributed by atoms with Crippen LogP contribution in [0.15, 0.2) is 53.7 Å². The maximum atomic E-state index is 11.6. The molecule has 30 heavy (non-hydrogen) atoms. The van der Waals surface area contributed by atoms with Crippen LogP contribution in [0, 0.1) is 17.8 Å². The van der Waals surface area contributed by atoms with Gasteiger partial charge < -0.3 is 11.1 Å². The molecule has 0 saturated heterocycles. The Morgan fingerprint density at radius 2 is 1.80 bits per heavy atom. The van der Waals surface area contributed by atoms with E-state index in [4.69, 9.17) is 5.73 Å². The lowest BCUT2D eigenvalue weighted by molar-refractivity contribution is 0.384. The van der Waals surface area contributed by atoms with E-state index in [1.54, 1.807) is 36.7 Å². The average Bonchev–Trinajstić information content (AvgIpc) is 2.73. The Labute approximate surface area is 176 Å². The van der Waals surface area contributed by atoms with Crippen molar-refractivity contribution in [3.05, 3.63) is 54.5 Å². The van der Waals surface area contributed by atoms with Gasteiger partial charge in [-0.15, -0.1) is 0 Å². The third-order valence-corrected chi connectivity index (χ3v) is 6.50. The number of fused-ring (bicyclic) bond motifs is 1. The third kappa shape index (κ3) is 4.78. The standard InChI is InChI=1S/C23H24N4O2S/c1-30(28,29)20-9-7-19(8-10-20)27-23-14-21-17(15-26-23)12-13-25-22(21)11-4-16-2-5-18(24)6-3-16/h7-10,12-16,18H,2-3,5-6,24H2,1H3,(H,26,27). The van der Waals surface area contributed by atoms with Crippen molar-refractivity contribution >= 4 is 32.1 Å². The molecule has 2 heterocycles. The summed E-state index contributed by atoms with van der Waals surface area (Å²) in [6.07, 6.45) is 8.86. The maximum Gasteiger partial charge on any atom is 0.175 e. The number of aromatic nitrogens is 2. The van der Waals surface area contributed by atoms with Crippen LogP contribution in [0.1, 0.15) is 31.4 Å². The Hall–Kier alpha value is -2.95. The van der Waals surface area contributed by atoms with E-state index in [1.807, 2.05) is 12.1 Å². The van der Waals surface area contributed by atoms with Crippen molar-refractivity contribution in [3.63, 3.8) is 0 Å². The van der Waals surface area contributed by atoms with Crippen molar-refractivity contribution in [1.29, 1.82) is 0 Å². The molecular formula is C23H24N4O2S. The zero-order valence-corrected chi connectivity index (χ0v) is 17.6. The molecule has 0 atom stereocenters. The number of rotatable bonds is 3. The van der Waals surface area contributed by atoms with E-state index in [2.05, 4.69) is 27.1 Å². The molecule has 1 aliphatic rings. The summed E-state index contributed by atoms with van der Waals surface area (Å²) in [5, 5.41) is 5.12. The van der Waals surface area contributed by atoms with Crippen molar-refractivity contribution in [2.45, 2.75) is 36.6 Å². The summed E-state index contributed by atoms with van der Waals surface area (Å²) in [6.45, 7) is 0. The van der Waals surface area contributed by atoms with Crippen LogP contribution < -0.4 is 11.1 Å². The number of nitrogens with two attached hydrogens (primary N) is 1. The van der Waals surface area contributed by atoms with Gasteiger partial charge in [-0.1, -0.05) is 5.92 Å². The summed E-state index contributed by atoms with van der Waals surface area (Å²) >= 11 is 0. The largest absolute Gasteiger partial charge is 0.340 e. The number of benzene rings is 1. The average molecular weight is 421 g/mol. The molecule has 154 valence electrons. The predicted octanol–water partition coefficient (Wildman–Crippen LogP) is 3.65. The van der Waals surface area contributed by atoms with Gasteiger partial charge in [0.15, 0.2) is 9.84 Å². The smallest absolute Gasteiger partial charge is 0.175 e. The van der Waals surface area contributed by atoms with Crippen LogP contribution in [0.25, 0.3) is 10.8 Å². The lowest BCUT2D eigenvalue weighted by Crippen LogP contribution is -2.25. The number of anilines is 2. The van der Waals surface area contributed by atoms with Gasteiger partial charge in [-0.2, -0.15) is 0 Å². The van der Waals surface area contributed by atoms with Gasteiger partial charge >= 0.3 is 0 Å². The minimum Gasteiger partial charge on any atom is -0.340 e. The number of nitrogens with zero attached hydrogens (tertiary/aromatic N) is 2. The molecule has 0 aliphatic heterocycles. The molecule has 6 nitrogen and oxygen atoms in total. The van der Waals surface area contributed by atoms with Gasteiger partial charge in [0.05, 0.1) is 4.90 Å². The molecule has 3 N–H and O–H groups in total. The third-order valence-electron chi connectivity index (χ3n) is 5.37. The van der Waals surface area contributed by atoms with Gasteiger partial charge in [0.1, 0.15) is 11.5 Å². The highest BCUT2D eigenvalue weighted by atomic mass is 32.2. The van der Waals surface area contributed by atoms with Gasteiger partial charge in [0, 0.05) is 47.1 Å². The second-order valence-corrected chi connectivity index (χ2v) is 9.77. The lowest BCUT2D eigenvalue weighted by Gasteiger charge is -2.21. The molecule has 1 fully saturated rings.